The van der Waals surface area contributed by atoms with Gasteiger partial charge in [-0.1, -0.05) is 17.7 Å². The van der Waals surface area contributed by atoms with Crippen LogP contribution in [0.25, 0.3) is 33.6 Å². The highest BCUT2D eigenvalue weighted by molar-refractivity contribution is 6.32. The molecule has 5 aromatic rings. The van der Waals surface area contributed by atoms with E-state index in [0.717, 1.165) is 25.3 Å². The number of pyridine rings is 1. The number of benzene rings is 2. The molecule has 9 nitrogen and oxygen atoms in total. The van der Waals surface area contributed by atoms with Crippen LogP contribution < -0.4 is 15.9 Å². The molecule has 38 heavy (non-hydrogen) atoms. The summed E-state index contributed by atoms with van der Waals surface area (Å²) in [5.41, 5.74) is 3.51. The predicted molar refractivity (Wildman–Crippen MR) is 145 cm³/mol. The van der Waals surface area contributed by atoms with E-state index in [2.05, 4.69) is 27.2 Å². The van der Waals surface area contributed by atoms with Gasteiger partial charge in [0.15, 0.2) is 5.65 Å². The number of nitrogens with zero attached hydrogens (tertiary/aromatic N) is 6. The summed E-state index contributed by atoms with van der Waals surface area (Å²) in [5, 5.41) is 19.4. The Kier molecular flexibility index (Phi) is 5.93. The number of hydrogen-bond donors (Lipinski definition) is 2. The van der Waals surface area contributed by atoms with Gasteiger partial charge in [-0.25, -0.2) is 18.7 Å². The van der Waals surface area contributed by atoms with E-state index in [-0.39, 0.29) is 17.0 Å². The molecular weight excluding hydrogens is 509 g/mol. The molecule has 0 radical (unpaired) electrons. The topological polar surface area (TPSA) is 92.6 Å². The summed E-state index contributed by atoms with van der Waals surface area (Å²) in [4.78, 5) is 19.0. The van der Waals surface area contributed by atoms with Crippen molar-refractivity contribution in [2.45, 2.75) is 13.0 Å². The molecule has 6 rings (SSSR count). The van der Waals surface area contributed by atoms with E-state index in [0.29, 0.717) is 39.1 Å². The maximum atomic E-state index is 15.0. The first-order chi connectivity index (χ1) is 18.3. The van der Waals surface area contributed by atoms with Crippen LogP contribution in [-0.4, -0.2) is 54.5 Å². The number of piperazine rings is 1. The lowest BCUT2D eigenvalue weighted by Crippen LogP contribution is -2.49. The Morgan fingerprint density at radius 3 is 2.61 bits per heavy atom. The lowest BCUT2D eigenvalue weighted by atomic mass is 9.97. The van der Waals surface area contributed by atoms with Crippen LogP contribution in [0.4, 0.5) is 10.1 Å². The molecule has 0 aliphatic carbocycles. The van der Waals surface area contributed by atoms with Crippen LogP contribution in [0.3, 0.4) is 0 Å². The number of aromatic nitrogens is 5. The van der Waals surface area contributed by atoms with Crippen LogP contribution >= 0.6 is 11.6 Å². The van der Waals surface area contributed by atoms with Crippen molar-refractivity contribution >= 4 is 22.9 Å². The monoisotopic (exact) mass is 533 g/mol. The van der Waals surface area contributed by atoms with E-state index in [1.165, 1.54) is 27.6 Å². The molecule has 3 aromatic heterocycles. The number of aryl methyl sites for hydroxylation is 1. The number of nitrogens with one attached hydrogen (secondary N) is 1. The largest absolute Gasteiger partial charge is 0.507 e. The van der Waals surface area contributed by atoms with Gasteiger partial charge in [-0.05, 0) is 42.8 Å². The fourth-order valence-electron chi connectivity index (χ4n) is 5.00. The van der Waals surface area contributed by atoms with E-state index in [9.17, 15) is 14.3 Å². The summed E-state index contributed by atoms with van der Waals surface area (Å²) < 4.78 is 19.5. The first-order valence-electron chi connectivity index (χ1n) is 12.2. The maximum absolute atomic E-state index is 15.0. The third-order valence-electron chi connectivity index (χ3n) is 6.92. The molecule has 1 saturated heterocycles. The number of halogens is 2. The Labute approximate surface area is 222 Å². The number of fused-ring (bicyclic) bond motifs is 1. The van der Waals surface area contributed by atoms with E-state index in [1.807, 2.05) is 6.07 Å². The fraction of sp³-hybridized carbons (Fsp3) is 0.222. The second-order valence-electron chi connectivity index (χ2n) is 9.52. The molecule has 0 amide bonds. The Balaban J connectivity index is 1.46. The van der Waals surface area contributed by atoms with Crippen LogP contribution in [0.2, 0.25) is 5.02 Å². The Hall–Kier alpha value is -4.15. The molecule has 2 aromatic carbocycles. The number of rotatable bonds is 4. The zero-order valence-electron chi connectivity index (χ0n) is 20.8. The summed E-state index contributed by atoms with van der Waals surface area (Å²) in [5.74, 6) is -0.602. The Morgan fingerprint density at radius 2 is 1.89 bits per heavy atom. The van der Waals surface area contributed by atoms with Crippen molar-refractivity contribution in [2.75, 3.05) is 24.5 Å². The number of phenols is 1. The summed E-state index contributed by atoms with van der Waals surface area (Å²) in [6, 6.07) is 9.78. The second kappa shape index (κ2) is 9.30. The van der Waals surface area contributed by atoms with Gasteiger partial charge in [0.2, 0.25) is 0 Å². The highest BCUT2D eigenvalue weighted by atomic mass is 35.5. The van der Waals surface area contributed by atoms with Crippen molar-refractivity contribution in [1.29, 1.82) is 0 Å². The van der Waals surface area contributed by atoms with Crippen molar-refractivity contribution in [3.05, 3.63) is 82.6 Å². The van der Waals surface area contributed by atoms with Gasteiger partial charge in [-0.3, -0.25) is 4.57 Å². The van der Waals surface area contributed by atoms with E-state index in [4.69, 9.17) is 11.6 Å². The molecule has 0 unspecified atom stereocenters. The highest BCUT2D eigenvalue weighted by Gasteiger charge is 2.22. The van der Waals surface area contributed by atoms with Gasteiger partial charge in [-0.2, -0.15) is 5.10 Å². The first-order valence-corrected chi connectivity index (χ1v) is 12.6. The number of hydrogen-bond acceptors (Lipinski definition) is 6. The average molecular weight is 534 g/mol. The van der Waals surface area contributed by atoms with E-state index < -0.39 is 5.82 Å². The summed E-state index contributed by atoms with van der Waals surface area (Å²) in [7, 11) is 1.65. The summed E-state index contributed by atoms with van der Waals surface area (Å²) in [6.45, 7) is 4.51. The van der Waals surface area contributed by atoms with Crippen LogP contribution in [0.1, 0.15) is 6.92 Å². The van der Waals surface area contributed by atoms with Gasteiger partial charge in [0, 0.05) is 68.0 Å². The molecule has 1 aliphatic heterocycles. The van der Waals surface area contributed by atoms with Crippen molar-refractivity contribution in [1.82, 2.24) is 29.0 Å². The lowest BCUT2D eigenvalue weighted by Gasteiger charge is -2.33. The number of imidazole rings is 1. The molecule has 194 valence electrons. The highest BCUT2D eigenvalue weighted by Crippen LogP contribution is 2.41. The van der Waals surface area contributed by atoms with Crippen molar-refractivity contribution in [3.8, 4) is 33.7 Å². The molecule has 0 spiro atoms. The molecule has 1 aliphatic rings. The zero-order valence-corrected chi connectivity index (χ0v) is 21.5. The standard InChI is InChI=1S/C27H25ClFN7O2/c1-16-13-34(6-5-30-16)24-10-18(14-36-26(24)31-15-32-36)21-12-19(29)11-20(25(21)37)17-3-4-23(22(28)9-17)35-8-7-33(2)27(35)38/h3-4,7-12,14-16,30,37H,5-6,13H2,1-2H3/t16-/m1/s1. The van der Waals surface area contributed by atoms with E-state index in [1.54, 1.807) is 48.4 Å². The minimum absolute atomic E-state index is 0.0915. The lowest BCUT2D eigenvalue weighted by molar-refractivity contribution is 0.477. The SMILES string of the molecule is C[C@@H]1CN(c2cc(-c3cc(F)cc(-c4ccc(-n5ccn(C)c5=O)c(Cl)c4)c3O)cn3ncnc23)CCN1. The molecule has 0 saturated carbocycles. The molecule has 0 bridgehead atoms. The molecule has 1 fully saturated rings. The van der Waals surface area contributed by atoms with E-state index >= 15 is 0 Å². The number of aromatic hydroxyl groups is 1. The van der Waals surface area contributed by atoms with Crippen LogP contribution in [0.5, 0.6) is 5.75 Å². The number of anilines is 1. The van der Waals surface area contributed by atoms with Crippen LogP contribution in [-0.2, 0) is 7.05 Å². The maximum Gasteiger partial charge on any atom is 0.332 e. The minimum Gasteiger partial charge on any atom is -0.507 e. The normalized spacial score (nSPS) is 15.9. The van der Waals surface area contributed by atoms with Crippen LogP contribution in [0, 0.1) is 5.82 Å². The minimum atomic E-state index is -0.511. The quantitative estimate of drug-likeness (QED) is 0.364. The third kappa shape index (κ3) is 4.11. The Morgan fingerprint density at radius 1 is 1.11 bits per heavy atom. The van der Waals surface area contributed by atoms with Gasteiger partial charge < -0.3 is 19.9 Å². The number of phenolic OH excluding ortho intramolecular Hbond substituents is 1. The van der Waals surface area contributed by atoms with Crippen molar-refractivity contribution in [3.63, 3.8) is 0 Å². The van der Waals surface area contributed by atoms with Crippen LogP contribution in [0.15, 0.2) is 66.1 Å². The predicted octanol–water partition coefficient (Wildman–Crippen LogP) is 3.85. The summed E-state index contributed by atoms with van der Waals surface area (Å²) in [6.07, 6.45) is 6.47. The average Bonchev–Trinajstić information content (AvgIpc) is 3.51. The van der Waals surface area contributed by atoms with Gasteiger partial charge >= 0.3 is 5.69 Å². The van der Waals surface area contributed by atoms with Gasteiger partial charge in [0.05, 0.1) is 16.4 Å². The Bertz CT molecular complexity index is 1740. The van der Waals surface area contributed by atoms with Gasteiger partial charge in [0.1, 0.15) is 17.9 Å². The fourth-order valence-corrected chi connectivity index (χ4v) is 5.27. The van der Waals surface area contributed by atoms with Gasteiger partial charge in [0.25, 0.3) is 0 Å². The third-order valence-corrected chi connectivity index (χ3v) is 7.22. The second-order valence-corrected chi connectivity index (χ2v) is 9.93. The molecule has 4 heterocycles. The molecule has 1 atom stereocenters. The van der Waals surface area contributed by atoms with Crippen molar-refractivity contribution in [2.24, 2.45) is 7.05 Å². The van der Waals surface area contributed by atoms with Gasteiger partial charge in [-0.15, -0.1) is 0 Å². The molecule has 11 heteroatoms. The first kappa shape index (κ1) is 24.2. The molecule has 2 N–H and O–H groups in total. The smallest absolute Gasteiger partial charge is 0.332 e. The zero-order chi connectivity index (χ0) is 26.6. The molecular formula is C27H25ClFN7O2. The van der Waals surface area contributed by atoms with Crippen molar-refractivity contribution < 1.29 is 9.50 Å². The summed E-state index contributed by atoms with van der Waals surface area (Å²) >= 11 is 6.54.